The van der Waals surface area contributed by atoms with Gasteiger partial charge in [-0.05, 0) is 26.1 Å². The maximum atomic E-state index is 13.4. The van der Waals surface area contributed by atoms with E-state index in [1.807, 2.05) is 6.07 Å². The lowest BCUT2D eigenvalue weighted by molar-refractivity contribution is 0.480. The van der Waals surface area contributed by atoms with Gasteiger partial charge in [0.15, 0.2) is 0 Å². The number of hydrogen-bond donors (Lipinski definition) is 1. The molecular formula is C10H10ClFN2. The van der Waals surface area contributed by atoms with E-state index >= 15 is 0 Å². The normalized spacial score (nSPS) is 14.5. The smallest absolute Gasteiger partial charge is 0.133 e. The fourth-order valence-electron chi connectivity index (χ4n) is 1.21. The highest BCUT2D eigenvalue weighted by Gasteiger charge is 2.29. The Morgan fingerprint density at radius 3 is 2.64 bits per heavy atom. The van der Waals surface area contributed by atoms with Gasteiger partial charge in [-0.25, -0.2) is 4.39 Å². The second-order valence-electron chi connectivity index (χ2n) is 3.08. The Kier molecular flexibility index (Phi) is 3.10. The first-order chi connectivity index (χ1) is 6.55. The number of benzene rings is 1. The summed E-state index contributed by atoms with van der Waals surface area (Å²) < 4.78 is 13.4. The van der Waals surface area contributed by atoms with E-state index in [-0.39, 0.29) is 10.6 Å². The molecule has 1 aromatic carbocycles. The Hall–Kier alpha value is -1.11. The number of hydrogen-bond acceptors (Lipinski definition) is 2. The molecule has 14 heavy (non-hydrogen) atoms. The van der Waals surface area contributed by atoms with Crippen molar-refractivity contribution < 1.29 is 4.39 Å². The average molecular weight is 213 g/mol. The Labute approximate surface area is 87.3 Å². The molecule has 0 spiro atoms. The summed E-state index contributed by atoms with van der Waals surface area (Å²) in [6, 6.07) is 6.35. The second-order valence-corrected chi connectivity index (χ2v) is 3.49. The number of halogens is 2. The van der Waals surface area contributed by atoms with Gasteiger partial charge in [-0.1, -0.05) is 17.7 Å². The van der Waals surface area contributed by atoms with Crippen LogP contribution in [0.4, 0.5) is 4.39 Å². The molecule has 0 bridgehead atoms. The Balaban J connectivity index is 3.39. The molecule has 0 saturated heterocycles. The molecule has 0 aliphatic heterocycles. The van der Waals surface area contributed by atoms with Crippen molar-refractivity contribution in [2.24, 2.45) is 0 Å². The van der Waals surface area contributed by atoms with Crippen LogP contribution in [0, 0.1) is 17.1 Å². The molecule has 2 nitrogen and oxygen atoms in total. The summed E-state index contributed by atoms with van der Waals surface area (Å²) >= 11 is 5.84. The van der Waals surface area contributed by atoms with Crippen molar-refractivity contribution in [2.45, 2.75) is 12.5 Å². The van der Waals surface area contributed by atoms with E-state index in [9.17, 15) is 4.39 Å². The summed E-state index contributed by atoms with van der Waals surface area (Å²) in [4.78, 5) is 0. The number of nitrogens with zero attached hydrogens (tertiary/aromatic N) is 1. The van der Waals surface area contributed by atoms with Crippen LogP contribution in [-0.4, -0.2) is 7.05 Å². The van der Waals surface area contributed by atoms with Crippen molar-refractivity contribution >= 4 is 11.6 Å². The van der Waals surface area contributed by atoms with Crippen LogP contribution in [0.3, 0.4) is 0 Å². The van der Waals surface area contributed by atoms with Gasteiger partial charge in [-0.2, -0.15) is 5.26 Å². The molecule has 0 fully saturated rings. The maximum absolute atomic E-state index is 13.4. The molecule has 1 rings (SSSR count). The summed E-state index contributed by atoms with van der Waals surface area (Å²) in [7, 11) is 1.59. The van der Waals surface area contributed by atoms with E-state index in [1.54, 1.807) is 20.0 Å². The third kappa shape index (κ3) is 1.72. The number of nitriles is 1. The van der Waals surface area contributed by atoms with E-state index < -0.39 is 11.4 Å². The zero-order valence-electron chi connectivity index (χ0n) is 7.94. The minimum absolute atomic E-state index is 0.187. The molecule has 74 valence electrons. The predicted octanol–water partition coefficient (Wildman–Crippen LogP) is 2.44. The molecule has 4 heteroatoms. The zero-order valence-corrected chi connectivity index (χ0v) is 8.69. The van der Waals surface area contributed by atoms with Crippen molar-refractivity contribution in [2.75, 3.05) is 7.05 Å². The molecule has 1 aromatic rings. The molecule has 1 N–H and O–H groups in total. The molecule has 0 aromatic heterocycles. The molecule has 0 saturated carbocycles. The van der Waals surface area contributed by atoms with Crippen LogP contribution in [0.15, 0.2) is 18.2 Å². The predicted molar refractivity (Wildman–Crippen MR) is 53.4 cm³/mol. The van der Waals surface area contributed by atoms with Crippen molar-refractivity contribution in [1.29, 1.82) is 5.26 Å². The van der Waals surface area contributed by atoms with Crippen molar-refractivity contribution in [1.82, 2.24) is 5.32 Å². The van der Waals surface area contributed by atoms with Crippen molar-refractivity contribution in [3.63, 3.8) is 0 Å². The van der Waals surface area contributed by atoms with Crippen molar-refractivity contribution in [3.8, 4) is 6.07 Å². The van der Waals surface area contributed by atoms with E-state index in [2.05, 4.69) is 5.32 Å². The van der Waals surface area contributed by atoms with Crippen LogP contribution in [-0.2, 0) is 5.54 Å². The minimum Gasteiger partial charge on any atom is -0.299 e. The largest absolute Gasteiger partial charge is 0.299 e. The summed E-state index contributed by atoms with van der Waals surface area (Å²) in [5.41, 5.74) is -0.908. The first-order valence-corrected chi connectivity index (χ1v) is 4.47. The lowest BCUT2D eigenvalue weighted by atomic mass is 9.93. The third-order valence-corrected chi connectivity index (χ3v) is 2.50. The fraction of sp³-hybridized carbons (Fsp3) is 0.300. The highest BCUT2D eigenvalue weighted by atomic mass is 35.5. The van der Waals surface area contributed by atoms with Crippen LogP contribution >= 0.6 is 11.6 Å². The molecule has 0 amide bonds. The quantitative estimate of drug-likeness (QED) is 0.818. The second kappa shape index (κ2) is 3.95. The Morgan fingerprint density at radius 1 is 1.57 bits per heavy atom. The fourth-order valence-corrected chi connectivity index (χ4v) is 1.56. The van der Waals surface area contributed by atoms with Gasteiger partial charge in [0.2, 0.25) is 0 Å². The zero-order chi connectivity index (χ0) is 10.8. The summed E-state index contributed by atoms with van der Waals surface area (Å²) in [5, 5.41) is 11.9. The Bertz CT molecular complexity index is 366. The van der Waals surface area contributed by atoms with Crippen molar-refractivity contribution in [3.05, 3.63) is 34.6 Å². The van der Waals surface area contributed by atoms with Gasteiger partial charge < -0.3 is 0 Å². The highest BCUT2D eigenvalue weighted by molar-refractivity contribution is 6.31. The SMILES string of the molecule is CNC(C)(C#N)c1c(F)cccc1Cl. The van der Waals surface area contributed by atoms with Crippen LogP contribution in [0.25, 0.3) is 0 Å². The topological polar surface area (TPSA) is 35.8 Å². The first kappa shape index (κ1) is 11.0. The molecule has 0 radical (unpaired) electrons. The highest BCUT2D eigenvalue weighted by Crippen LogP contribution is 2.29. The van der Waals surface area contributed by atoms with Crippen LogP contribution in [0.1, 0.15) is 12.5 Å². The molecular weight excluding hydrogens is 203 g/mol. The van der Waals surface area contributed by atoms with Gasteiger partial charge in [-0.15, -0.1) is 0 Å². The van der Waals surface area contributed by atoms with Gasteiger partial charge >= 0.3 is 0 Å². The molecule has 1 atom stereocenters. The maximum Gasteiger partial charge on any atom is 0.133 e. The molecule has 0 heterocycles. The molecule has 0 aliphatic carbocycles. The number of rotatable bonds is 2. The van der Waals surface area contributed by atoms with Crippen LogP contribution in [0.2, 0.25) is 5.02 Å². The average Bonchev–Trinajstić information content (AvgIpc) is 2.17. The molecule has 0 aliphatic rings. The summed E-state index contributed by atoms with van der Waals surface area (Å²) in [6.45, 7) is 1.58. The lowest BCUT2D eigenvalue weighted by Crippen LogP contribution is -2.36. The van der Waals surface area contributed by atoms with Gasteiger partial charge in [0, 0.05) is 10.6 Å². The number of nitrogens with one attached hydrogen (secondary N) is 1. The summed E-state index contributed by atoms with van der Waals surface area (Å²) in [5.74, 6) is -0.476. The van der Waals surface area contributed by atoms with Crippen LogP contribution in [0.5, 0.6) is 0 Å². The van der Waals surface area contributed by atoms with E-state index in [0.29, 0.717) is 0 Å². The van der Waals surface area contributed by atoms with Crippen LogP contribution < -0.4 is 5.32 Å². The Morgan fingerprint density at radius 2 is 2.21 bits per heavy atom. The monoisotopic (exact) mass is 212 g/mol. The van der Waals surface area contributed by atoms with Gasteiger partial charge in [-0.3, -0.25) is 5.32 Å². The van der Waals surface area contributed by atoms with Gasteiger partial charge in [0.05, 0.1) is 6.07 Å². The van der Waals surface area contributed by atoms with Gasteiger partial charge in [0.1, 0.15) is 11.4 Å². The van der Waals surface area contributed by atoms with Gasteiger partial charge in [0.25, 0.3) is 0 Å². The first-order valence-electron chi connectivity index (χ1n) is 4.10. The van der Waals surface area contributed by atoms with E-state index in [1.165, 1.54) is 12.1 Å². The minimum atomic E-state index is -1.09. The summed E-state index contributed by atoms with van der Waals surface area (Å²) in [6.07, 6.45) is 0. The van der Waals surface area contributed by atoms with E-state index in [4.69, 9.17) is 16.9 Å². The standard InChI is InChI=1S/C10H10ClFN2/c1-10(6-13,14-2)9-7(11)4-3-5-8(9)12/h3-5,14H,1-2H3. The van der Waals surface area contributed by atoms with E-state index in [0.717, 1.165) is 0 Å². The third-order valence-electron chi connectivity index (χ3n) is 2.19. The lowest BCUT2D eigenvalue weighted by Gasteiger charge is -2.22. The molecule has 1 unspecified atom stereocenters.